The van der Waals surface area contributed by atoms with E-state index in [1.165, 1.54) is 24.1 Å². The molecule has 0 bridgehead atoms. The van der Waals surface area contributed by atoms with Crippen molar-refractivity contribution in [3.8, 4) is 5.75 Å². The molecule has 0 radical (unpaired) electrons. The molecule has 0 aliphatic carbocycles. The SMILES string of the molecule is CC[C@H](C)NC(=O)[C@H](C)N(Cc1ccccc1C)C(=O)CN(c1ccc(OC)cc1)S(=O)(=O)c1ccc(C)cc1. The summed E-state index contributed by atoms with van der Waals surface area (Å²) in [5.41, 5.74) is 3.06. The van der Waals surface area contributed by atoms with E-state index in [1.54, 1.807) is 43.3 Å². The first-order valence-corrected chi connectivity index (χ1v) is 14.8. The molecule has 2 atom stereocenters. The van der Waals surface area contributed by atoms with Crippen molar-refractivity contribution in [3.05, 3.63) is 89.5 Å². The molecule has 40 heavy (non-hydrogen) atoms. The Bertz CT molecular complexity index is 1410. The summed E-state index contributed by atoms with van der Waals surface area (Å²) in [7, 11) is -2.60. The molecule has 0 saturated heterocycles. The molecule has 0 heterocycles. The van der Waals surface area contributed by atoms with Crippen LogP contribution in [0.4, 0.5) is 5.69 Å². The van der Waals surface area contributed by atoms with E-state index in [1.807, 2.05) is 52.0 Å². The van der Waals surface area contributed by atoms with Gasteiger partial charge in [-0.25, -0.2) is 8.42 Å². The summed E-state index contributed by atoms with van der Waals surface area (Å²) < 4.78 is 34.1. The zero-order chi connectivity index (χ0) is 29.4. The number of aryl methyl sites for hydroxylation is 2. The largest absolute Gasteiger partial charge is 0.497 e. The van der Waals surface area contributed by atoms with Crippen LogP contribution in [-0.2, 0) is 26.2 Å². The Morgan fingerprint density at radius 1 is 0.925 bits per heavy atom. The van der Waals surface area contributed by atoms with Gasteiger partial charge >= 0.3 is 0 Å². The molecular formula is C31H39N3O5S. The molecular weight excluding hydrogens is 526 g/mol. The van der Waals surface area contributed by atoms with Crippen LogP contribution in [0.2, 0.25) is 0 Å². The average molecular weight is 566 g/mol. The van der Waals surface area contributed by atoms with E-state index in [-0.39, 0.29) is 23.4 Å². The Balaban J connectivity index is 2.04. The standard InChI is InChI=1S/C31H39N3O5S/c1-7-24(4)32-31(36)25(5)33(20-26-11-9-8-10-23(26)3)30(35)21-34(27-14-16-28(39-6)17-15-27)40(37,38)29-18-12-22(2)13-19-29/h8-19,24-25H,7,20-21H2,1-6H3,(H,32,36)/t24-,25-/m0/s1. The summed E-state index contributed by atoms with van der Waals surface area (Å²) in [6.07, 6.45) is 0.740. The van der Waals surface area contributed by atoms with Crippen LogP contribution in [-0.4, -0.2) is 50.9 Å². The van der Waals surface area contributed by atoms with Gasteiger partial charge in [-0.1, -0.05) is 48.9 Å². The topological polar surface area (TPSA) is 96.0 Å². The number of nitrogens with zero attached hydrogens (tertiary/aromatic N) is 2. The van der Waals surface area contributed by atoms with E-state index in [0.29, 0.717) is 11.4 Å². The number of benzene rings is 3. The van der Waals surface area contributed by atoms with Crippen molar-refractivity contribution in [3.63, 3.8) is 0 Å². The second-order valence-corrected chi connectivity index (χ2v) is 11.8. The van der Waals surface area contributed by atoms with Gasteiger partial charge in [0, 0.05) is 12.6 Å². The number of ether oxygens (including phenoxy) is 1. The van der Waals surface area contributed by atoms with Crippen LogP contribution < -0.4 is 14.4 Å². The van der Waals surface area contributed by atoms with Crippen molar-refractivity contribution >= 4 is 27.5 Å². The number of methoxy groups -OCH3 is 1. The summed E-state index contributed by atoms with van der Waals surface area (Å²) in [6, 6.07) is 19.7. The molecule has 9 heteroatoms. The predicted molar refractivity (Wildman–Crippen MR) is 158 cm³/mol. The Hall–Kier alpha value is -3.85. The molecule has 0 aromatic heterocycles. The van der Waals surface area contributed by atoms with Gasteiger partial charge in [0.1, 0.15) is 18.3 Å². The van der Waals surface area contributed by atoms with Crippen molar-refractivity contribution in [1.82, 2.24) is 10.2 Å². The summed E-state index contributed by atoms with van der Waals surface area (Å²) in [5, 5.41) is 2.95. The number of sulfonamides is 1. The highest BCUT2D eigenvalue weighted by molar-refractivity contribution is 7.92. The van der Waals surface area contributed by atoms with Crippen molar-refractivity contribution in [2.45, 2.75) is 64.6 Å². The fraction of sp³-hybridized carbons (Fsp3) is 0.355. The number of hydrogen-bond acceptors (Lipinski definition) is 5. The van der Waals surface area contributed by atoms with Crippen LogP contribution in [0.3, 0.4) is 0 Å². The number of rotatable bonds is 12. The lowest BCUT2D eigenvalue weighted by atomic mass is 10.1. The van der Waals surface area contributed by atoms with Crippen LogP contribution >= 0.6 is 0 Å². The Kier molecular flexibility index (Phi) is 10.3. The summed E-state index contributed by atoms with van der Waals surface area (Å²) in [4.78, 5) is 28.7. The first-order valence-electron chi connectivity index (χ1n) is 13.4. The molecule has 0 spiro atoms. The number of carbonyl (C=O) groups excluding carboxylic acids is 2. The molecule has 3 rings (SSSR count). The lowest BCUT2D eigenvalue weighted by molar-refractivity contribution is -0.139. The third-order valence-electron chi connectivity index (χ3n) is 7.02. The monoisotopic (exact) mass is 565 g/mol. The van der Waals surface area contributed by atoms with Gasteiger partial charge in [-0.2, -0.15) is 0 Å². The summed E-state index contributed by atoms with van der Waals surface area (Å²) in [5.74, 6) is -0.241. The van der Waals surface area contributed by atoms with Gasteiger partial charge in [-0.15, -0.1) is 0 Å². The molecule has 214 valence electrons. The highest BCUT2D eigenvalue weighted by atomic mass is 32.2. The lowest BCUT2D eigenvalue weighted by Gasteiger charge is -2.32. The smallest absolute Gasteiger partial charge is 0.264 e. The molecule has 8 nitrogen and oxygen atoms in total. The minimum atomic E-state index is -4.12. The second-order valence-electron chi connectivity index (χ2n) is 9.96. The number of hydrogen-bond donors (Lipinski definition) is 1. The lowest BCUT2D eigenvalue weighted by Crippen LogP contribution is -2.52. The van der Waals surface area contributed by atoms with Gasteiger partial charge in [0.05, 0.1) is 17.7 Å². The molecule has 3 aromatic rings. The van der Waals surface area contributed by atoms with E-state index in [4.69, 9.17) is 4.74 Å². The first kappa shape index (κ1) is 30.7. The third-order valence-corrected chi connectivity index (χ3v) is 8.81. The maximum atomic E-state index is 14.0. The molecule has 0 unspecified atom stereocenters. The van der Waals surface area contributed by atoms with Gasteiger partial charge in [0.15, 0.2) is 0 Å². The van der Waals surface area contributed by atoms with Gasteiger partial charge < -0.3 is 15.0 Å². The number of nitrogens with one attached hydrogen (secondary N) is 1. The number of anilines is 1. The Labute approximate surface area is 238 Å². The zero-order valence-electron chi connectivity index (χ0n) is 24.0. The van der Waals surface area contributed by atoms with Gasteiger partial charge in [-0.05, 0) is 81.6 Å². The molecule has 0 saturated carbocycles. The minimum absolute atomic E-state index is 0.0646. The normalized spacial score (nSPS) is 12.8. The van der Waals surface area contributed by atoms with E-state index in [0.717, 1.165) is 27.4 Å². The predicted octanol–water partition coefficient (Wildman–Crippen LogP) is 4.84. The Morgan fingerprint density at radius 3 is 2.12 bits per heavy atom. The third kappa shape index (κ3) is 7.41. The van der Waals surface area contributed by atoms with Crippen molar-refractivity contribution < 1.29 is 22.7 Å². The van der Waals surface area contributed by atoms with E-state index in [2.05, 4.69) is 5.32 Å². The maximum absolute atomic E-state index is 14.0. The van der Waals surface area contributed by atoms with Gasteiger partial charge in [0.2, 0.25) is 11.8 Å². The van der Waals surface area contributed by atoms with Gasteiger partial charge in [0.25, 0.3) is 10.0 Å². The van der Waals surface area contributed by atoms with Crippen LogP contribution in [0.25, 0.3) is 0 Å². The first-order chi connectivity index (χ1) is 19.0. The van der Waals surface area contributed by atoms with Crippen LogP contribution in [0.5, 0.6) is 5.75 Å². The van der Waals surface area contributed by atoms with Crippen LogP contribution in [0.15, 0.2) is 77.7 Å². The average Bonchev–Trinajstić information content (AvgIpc) is 2.95. The fourth-order valence-corrected chi connectivity index (χ4v) is 5.55. The summed E-state index contributed by atoms with van der Waals surface area (Å²) >= 11 is 0. The molecule has 0 fully saturated rings. The quantitative estimate of drug-likeness (QED) is 0.339. The second kappa shape index (κ2) is 13.5. The molecule has 2 amide bonds. The Morgan fingerprint density at radius 2 is 1.55 bits per heavy atom. The molecule has 0 aliphatic heterocycles. The fourth-order valence-electron chi connectivity index (χ4n) is 4.13. The van der Waals surface area contributed by atoms with Crippen LogP contribution in [0, 0.1) is 13.8 Å². The zero-order valence-corrected chi connectivity index (χ0v) is 24.9. The van der Waals surface area contributed by atoms with Gasteiger partial charge in [-0.3, -0.25) is 13.9 Å². The number of carbonyl (C=O) groups is 2. The summed E-state index contributed by atoms with van der Waals surface area (Å²) in [6.45, 7) is 9.01. The molecule has 0 aliphatic rings. The van der Waals surface area contributed by atoms with Crippen molar-refractivity contribution in [2.75, 3.05) is 18.0 Å². The van der Waals surface area contributed by atoms with Crippen molar-refractivity contribution in [1.29, 1.82) is 0 Å². The highest BCUT2D eigenvalue weighted by Crippen LogP contribution is 2.27. The van der Waals surface area contributed by atoms with E-state index >= 15 is 0 Å². The highest BCUT2D eigenvalue weighted by Gasteiger charge is 2.33. The molecule has 3 aromatic carbocycles. The number of amides is 2. The van der Waals surface area contributed by atoms with Crippen LogP contribution in [0.1, 0.15) is 43.9 Å². The van der Waals surface area contributed by atoms with Crippen molar-refractivity contribution in [2.24, 2.45) is 0 Å². The molecule has 1 N–H and O–H groups in total. The van der Waals surface area contributed by atoms with E-state index in [9.17, 15) is 18.0 Å². The minimum Gasteiger partial charge on any atom is -0.497 e. The van der Waals surface area contributed by atoms with E-state index < -0.39 is 28.5 Å². The maximum Gasteiger partial charge on any atom is 0.264 e.